The van der Waals surface area contributed by atoms with E-state index in [2.05, 4.69) is 5.32 Å². The normalized spacial score (nSPS) is 17.8. The molecule has 1 aromatic rings. The molecule has 1 aliphatic rings. The topological polar surface area (TPSA) is 50.7 Å². The maximum absolute atomic E-state index is 9.73. The number of hydrogen-bond donors (Lipinski definition) is 2. The lowest BCUT2D eigenvalue weighted by atomic mass is 9.94. The zero-order valence-electron chi connectivity index (χ0n) is 12.4. The van der Waals surface area contributed by atoms with Crippen LogP contribution in [0.15, 0.2) is 18.2 Å². The summed E-state index contributed by atoms with van der Waals surface area (Å²) in [5.41, 5.74) is 0.958. The van der Waals surface area contributed by atoms with E-state index in [-0.39, 0.29) is 12.6 Å². The van der Waals surface area contributed by atoms with Gasteiger partial charge in [0.25, 0.3) is 0 Å². The van der Waals surface area contributed by atoms with Crippen molar-refractivity contribution in [1.29, 1.82) is 0 Å². The second-order valence-electron chi connectivity index (χ2n) is 5.32. The number of ether oxygens (including phenoxy) is 2. The monoisotopic (exact) mass is 279 g/mol. The van der Waals surface area contributed by atoms with Crippen LogP contribution in [0.2, 0.25) is 0 Å². The molecule has 0 heterocycles. The van der Waals surface area contributed by atoms with Crippen LogP contribution in [0.25, 0.3) is 0 Å². The van der Waals surface area contributed by atoms with Gasteiger partial charge in [0.15, 0.2) is 11.5 Å². The van der Waals surface area contributed by atoms with E-state index in [0.29, 0.717) is 17.5 Å². The second kappa shape index (κ2) is 7.50. The number of aliphatic hydroxyl groups excluding tert-OH is 1. The minimum absolute atomic E-state index is 0.0556. The van der Waals surface area contributed by atoms with Gasteiger partial charge in [-0.1, -0.05) is 31.4 Å². The van der Waals surface area contributed by atoms with E-state index in [9.17, 15) is 5.11 Å². The highest BCUT2D eigenvalue weighted by Crippen LogP contribution is 2.35. The summed E-state index contributed by atoms with van der Waals surface area (Å²) in [6, 6.07) is 6.16. The number of aliphatic hydroxyl groups is 1. The van der Waals surface area contributed by atoms with Gasteiger partial charge in [0.1, 0.15) is 0 Å². The van der Waals surface area contributed by atoms with Crippen LogP contribution < -0.4 is 14.8 Å². The van der Waals surface area contributed by atoms with Gasteiger partial charge in [0.05, 0.1) is 26.9 Å². The molecule has 20 heavy (non-hydrogen) atoms. The van der Waals surface area contributed by atoms with E-state index in [1.165, 1.54) is 32.1 Å². The molecule has 112 valence electrons. The second-order valence-corrected chi connectivity index (χ2v) is 5.32. The fourth-order valence-corrected chi connectivity index (χ4v) is 2.98. The van der Waals surface area contributed by atoms with Gasteiger partial charge >= 0.3 is 0 Å². The minimum atomic E-state index is -0.108. The summed E-state index contributed by atoms with van der Waals surface area (Å²) >= 11 is 0. The molecule has 0 aromatic heterocycles. The summed E-state index contributed by atoms with van der Waals surface area (Å²) in [7, 11) is 3.26. The molecule has 0 amide bonds. The molecule has 0 spiro atoms. The van der Waals surface area contributed by atoms with Crippen molar-refractivity contribution in [1.82, 2.24) is 5.32 Å². The Labute approximate surface area is 121 Å². The molecular weight excluding hydrogens is 254 g/mol. The Morgan fingerprint density at radius 2 is 1.95 bits per heavy atom. The fraction of sp³-hybridized carbons (Fsp3) is 0.625. The maximum Gasteiger partial charge on any atom is 0.165 e. The molecular formula is C16H25NO3. The van der Waals surface area contributed by atoms with Crippen molar-refractivity contribution in [3.05, 3.63) is 23.8 Å². The van der Waals surface area contributed by atoms with Crippen molar-refractivity contribution in [2.75, 3.05) is 20.8 Å². The predicted molar refractivity (Wildman–Crippen MR) is 79.4 cm³/mol. The molecule has 0 saturated heterocycles. The van der Waals surface area contributed by atoms with Crippen molar-refractivity contribution >= 4 is 0 Å². The average molecular weight is 279 g/mol. The number of rotatable bonds is 6. The van der Waals surface area contributed by atoms with Gasteiger partial charge in [0.2, 0.25) is 0 Å². The summed E-state index contributed by atoms with van der Waals surface area (Å²) in [6.07, 6.45) is 6.23. The third kappa shape index (κ3) is 3.44. The van der Waals surface area contributed by atoms with Gasteiger partial charge in [-0.2, -0.15) is 0 Å². The third-order valence-corrected chi connectivity index (χ3v) is 4.03. The summed E-state index contributed by atoms with van der Waals surface area (Å²) in [4.78, 5) is 0. The molecule has 1 unspecified atom stereocenters. The molecule has 1 atom stereocenters. The Balaban J connectivity index is 2.17. The molecule has 1 aromatic carbocycles. The fourth-order valence-electron chi connectivity index (χ4n) is 2.98. The lowest BCUT2D eigenvalue weighted by Crippen LogP contribution is -2.36. The Hall–Kier alpha value is -1.26. The largest absolute Gasteiger partial charge is 0.493 e. The Morgan fingerprint density at radius 1 is 1.20 bits per heavy atom. The molecule has 4 heteroatoms. The molecule has 4 nitrogen and oxygen atoms in total. The molecule has 2 N–H and O–H groups in total. The lowest BCUT2D eigenvalue weighted by Gasteiger charge is -2.28. The lowest BCUT2D eigenvalue weighted by molar-refractivity contribution is 0.216. The molecule has 1 fully saturated rings. The highest BCUT2D eigenvalue weighted by Gasteiger charge is 2.22. The van der Waals surface area contributed by atoms with Gasteiger partial charge in [-0.25, -0.2) is 0 Å². The quantitative estimate of drug-likeness (QED) is 0.840. The van der Waals surface area contributed by atoms with Crippen LogP contribution in [0.4, 0.5) is 0 Å². The number of nitrogens with one attached hydrogen (secondary N) is 1. The van der Waals surface area contributed by atoms with Gasteiger partial charge in [-0.3, -0.25) is 0 Å². The summed E-state index contributed by atoms with van der Waals surface area (Å²) in [5.74, 6) is 1.41. The van der Waals surface area contributed by atoms with Crippen molar-refractivity contribution in [2.24, 2.45) is 0 Å². The van der Waals surface area contributed by atoms with Crippen LogP contribution in [-0.2, 0) is 0 Å². The van der Waals surface area contributed by atoms with Crippen LogP contribution in [0.3, 0.4) is 0 Å². The third-order valence-electron chi connectivity index (χ3n) is 4.03. The zero-order chi connectivity index (χ0) is 14.4. The van der Waals surface area contributed by atoms with Gasteiger partial charge in [-0.15, -0.1) is 0 Å². The van der Waals surface area contributed by atoms with Gasteiger partial charge < -0.3 is 19.9 Å². The molecule has 0 radical (unpaired) electrons. The summed E-state index contributed by atoms with van der Waals surface area (Å²) in [5, 5.41) is 13.3. The van der Waals surface area contributed by atoms with Crippen LogP contribution in [-0.4, -0.2) is 32.0 Å². The van der Waals surface area contributed by atoms with E-state index in [0.717, 1.165) is 5.56 Å². The van der Waals surface area contributed by atoms with Crippen LogP contribution in [0, 0.1) is 0 Å². The van der Waals surface area contributed by atoms with E-state index < -0.39 is 0 Å². The maximum atomic E-state index is 9.73. The molecule has 1 aliphatic carbocycles. The summed E-state index contributed by atoms with van der Waals surface area (Å²) in [6.45, 7) is 0.0556. The van der Waals surface area contributed by atoms with Crippen molar-refractivity contribution < 1.29 is 14.6 Å². The van der Waals surface area contributed by atoms with Crippen LogP contribution in [0.1, 0.15) is 43.7 Å². The smallest absolute Gasteiger partial charge is 0.165 e. The predicted octanol–water partition coefficient (Wildman–Crippen LogP) is 2.66. The van der Waals surface area contributed by atoms with E-state index in [1.807, 2.05) is 18.2 Å². The summed E-state index contributed by atoms with van der Waals surface area (Å²) < 4.78 is 10.8. The van der Waals surface area contributed by atoms with E-state index in [4.69, 9.17) is 9.47 Å². The van der Waals surface area contributed by atoms with E-state index in [1.54, 1.807) is 14.2 Å². The number of methoxy groups -OCH3 is 2. The Morgan fingerprint density at radius 3 is 2.55 bits per heavy atom. The van der Waals surface area contributed by atoms with Crippen LogP contribution >= 0.6 is 0 Å². The van der Waals surface area contributed by atoms with Gasteiger partial charge in [0, 0.05) is 11.6 Å². The zero-order valence-corrected chi connectivity index (χ0v) is 12.4. The molecule has 1 saturated carbocycles. The van der Waals surface area contributed by atoms with Crippen molar-refractivity contribution in [2.45, 2.75) is 44.2 Å². The number of para-hydroxylation sites is 1. The average Bonchev–Trinajstić information content (AvgIpc) is 2.52. The molecule has 0 bridgehead atoms. The first-order chi connectivity index (χ1) is 9.80. The minimum Gasteiger partial charge on any atom is -0.493 e. The van der Waals surface area contributed by atoms with Crippen LogP contribution in [0.5, 0.6) is 11.5 Å². The number of benzene rings is 1. The SMILES string of the molecule is COc1cccc(C(CO)NC2CCCCC2)c1OC. The van der Waals surface area contributed by atoms with Gasteiger partial charge in [-0.05, 0) is 18.9 Å². The first-order valence-electron chi connectivity index (χ1n) is 7.38. The molecule has 2 rings (SSSR count). The molecule has 0 aliphatic heterocycles. The number of hydrogen-bond acceptors (Lipinski definition) is 4. The Bertz CT molecular complexity index is 416. The first kappa shape index (κ1) is 15.1. The highest BCUT2D eigenvalue weighted by atomic mass is 16.5. The van der Waals surface area contributed by atoms with Crippen molar-refractivity contribution in [3.8, 4) is 11.5 Å². The van der Waals surface area contributed by atoms with Crippen molar-refractivity contribution in [3.63, 3.8) is 0 Å². The first-order valence-corrected chi connectivity index (χ1v) is 7.38. The highest BCUT2D eigenvalue weighted by molar-refractivity contribution is 5.48. The standard InChI is InChI=1S/C16H25NO3/c1-19-15-10-6-9-13(16(15)20-2)14(11-18)17-12-7-4-3-5-8-12/h6,9-10,12,14,17-18H,3-5,7-8,11H2,1-2H3. The van der Waals surface area contributed by atoms with E-state index >= 15 is 0 Å². The Kier molecular flexibility index (Phi) is 5.68.